The SMILES string of the molecule is CN(C)c1ccc(C=CC2ON3c4cccc(I)c4CC3C2(C)C)cc1. The van der Waals surface area contributed by atoms with Crippen LogP contribution in [0.4, 0.5) is 11.4 Å². The molecule has 2 unspecified atom stereocenters. The second kappa shape index (κ2) is 6.57. The number of hydrogen-bond donors (Lipinski definition) is 0. The van der Waals surface area contributed by atoms with Crippen LogP contribution in [-0.4, -0.2) is 26.2 Å². The van der Waals surface area contributed by atoms with Gasteiger partial charge in [0.1, 0.15) is 6.10 Å². The number of hydroxylamine groups is 1. The van der Waals surface area contributed by atoms with Crippen molar-refractivity contribution in [2.24, 2.45) is 5.41 Å². The molecule has 0 N–H and O–H groups in total. The average molecular weight is 460 g/mol. The first kappa shape index (κ1) is 17.9. The van der Waals surface area contributed by atoms with Gasteiger partial charge in [-0.25, -0.2) is 5.06 Å². The molecule has 2 atom stereocenters. The Kier molecular flexibility index (Phi) is 4.51. The summed E-state index contributed by atoms with van der Waals surface area (Å²) in [7, 11) is 4.12. The minimum absolute atomic E-state index is 0.0577. The molecule has 0 amide bonds. The van der Waals surface area contributed by atoms with Crippen molar-refractivity contribution >= 4 is 40.0 Å². The van der Waals surface area contributed by atoms with Crippen molar-refractivity contribution in [1.82, 2.24) is 0 Å². The highest BCUT2D eigenvalue weighted by Gasteiger charge is 2.52. The average Bonchev–Trinajstić information content (AvgIpc) is 3.10. The summed E-state index contributed by atoms with van der Waals surface area (Å²) in [6.07, 6.45) is 5.54. The van der Waals surface area contributed by atoms with Crippen LogP contribution in [0.5, 0.6) is 0 Å². The summed E-state index contributed by atoms with van der Waals surface area (Å²) in [6, 6.07) is 15.5. The van der Waals surface area contributed by atoms with Gasteiger partial charge in [-0.15, -0.1) is 0 Å². The molecule has 26 heavy (non-hydrogen) atoms. The van der Waals surface area contributed by atoms with Gasteiger partial charge in [0.2, 0.25) is 0 Å². The Morgan fingerprint density at radius 3 is 2.58 bits per heavy atom. The second-order valence-corrected chi connectivity index (χ2v) is 9.14. The molecule has 2 aliphatic rings. The van der Waals surface area contributed by atoms with E-state index in [-0.39, 0.29) is 11.5 Å². The maximum absolute atomic E-state index is 6.40. The number of anilines is 2. The van der Waals surface area contributed by atoms with Crippen molar-refractivity contribution in [2.45, 2.75) is 32.4 Å². The summed E-state index contributed by atoms with van der Waals surface area (Å²) >= 11 is 2.44. The molecule has 4 heteroatoms. The highest BCUT2D eigenvalue weighted by Crippen LogP contribution is 2.49. The first-order valence-corrected chi connectivity index (χ1v) is 10.1. The molecule has 2 aromatic rings. The summed E-state index contributed by atoms with van der Waals surface area (Å²) < 4.78 is 1.34. The monoisotopic (exact) mass is 460 g/mol. The first-order chi connectivity index (χ1) is 12.4. The van der Waals surface area contributed by atoms with Gasteiger partial charge in [-0.1, -0.05) is 44.2 Å². The van der Waals surface area contributed by atoms with E-state index in [1.807, 2.05) is 0 Å². The van der Waals surface area contributed by atoms with Crippen LogP contribution in [0.1, 0.15) is 25.0 Å². The molecular weight excluding hydrogens is 435 g/mol. The summed E-state index contributed by atoms with van der Waals surface area (Å²) in [4.78, 5) is 8.52. The zero-order chi connectivity index (χ0) is 18.5. The Bertz CT molecular complexity index is 842. The zero-order valence-electron chi connectivity index (χ0n) is 15.7. The van der Waals surface area contributed by atoms with Gasteiger partial charge >= 0.3 is 0 Å². The maximum Gasteiger partial charge on any atom is 0.111 e. The lowest BCUT2D eigenvalue weighted by Crippen LogP contribution is -2.36. The molecule has 2 heterocycles. The van der Waals surface area contributed by atoms with E-state index in [0.717, 1.165) is 6.42 Å². The lowest BCUT2D eigenvalue weighted by Gasteiger charge is -2.26. The molecule has 3 nitrogen and oxygen atoms in total. The molecule has 0 aromatic heterocycles. The topological polar surface area (TPSA) is 15.7 Å². The Morgan fingerprint density at radius 1 is 1.15 bits per heavy atom. The maximum atomic E-state index is 6.40. The van der Waals surface area contributed by atoms with Crippen molar-refractivity contribution in [2.75, 3.05) is 24.1 Å². The van der Waals surface area contributed by atoms with Crippen LogP contribution in [0.3, 0.4) is 0 Å². The molecule has 2 aliphatic heterocycles. The van der Waals surface area contributed by atoms with E-state index in [2.05, 4.69) is 115 Å². The van der Waals surface area contributed by atoms with Crippen LogP contribution in [0, 0.1) is 8.99 Å². The Balaban J connectivity index is 1.56. The van der Waals surface area contributed by atoms with Gasteiger partial charge in [-0.05, 0) is 64.4 Å². The van der Waals surface area contributed by atoms with E-state index < -0.39 is 0 Å². The molecule has 4 rings (SSSR count). The molecule has 2 aromatic carbocycles. The molecule has 1 fully saturated rings. The van der Waals surface area contributed by atoms with Gasteiger partial charge in [0.25, 0.3) is 0 Å². The van der Waals surface area contributed by atoms with Crippen molar-refractivity contribution in [1.29, 1.82) is 0 Å². The highest BCUT2D eigenvalue weighted by molar-refractivity contribution is 14.1. The third kappa shape index (κ3) is 2.93. The molecule has 136 valence electrons. The lowest BCUT2D eigenvalue weighted by molar-refractivity contribution is 0.0849. The van der Waals surface area contributed by atoms with Crippen LogP contribution < -0.4 is 9.96 Å². The van der Waals surface area contributed by atoms with Crippen molar-refractivity contribution in [3.8, 4) is 0 Å². The van der Waals surface area contributed by atoms with E-state index in [1.54, 1.807) is 0 Å². The highest BCUT2D eigenvalue weighted by atomic mass is 127. The smallest absolute Gasteiger partial charge is 0.111 e. The number of rotatable bonds is 3. The van der Waals surface area contributed by atoms with E-state index in [0.29, 0.717) is 6.04 Å². The number of benzene rings is 2. The zero-order valence-corrected chi connectivity index (χ0v) is 17.9. The van der Waals surface area contributed by atoms with Crippen molar-refractivity contribution in [3.05, 3.63) is 63.2 Å². The Labute approximate surface area is 169 Å². The van der Waals surface area contributed by atoms with E-state index in [9.17, 15) is 0 Å². The van der Waals surface area contributed by atoms with Crippen LogP contribution in [0.25, 0.3) is 6.08 Å². The van der Waals surface area contributed by atoms with E-state index in [1.165, 1.54) is 26.1 Å². The van der Waals surface area contributed by atoms with E-state index >= 15 is 0 Å². The number of halogens is 1. The number of nitrogens with zero attached hydrogens (tertiary/aromatic N) is 2. The molecule has 0 aliphatic carbocycles. The minimum Gasteiger partial charge on any atom is -0.378 e. The summed E-state index contributed by atoms with van der Waals surface area (Å²) in [5, 5.41) is 2.15. The number of hydrogen-bond acceptors (Lipinski definition) is 3. The largest absolute Gasteiger partial charge is 0.378 e. The van der Waals surface area contributed by atoms with Gasteiger partial charge in [-0.2, -0.15) is 0 Å². The molecule has 1 saturated heterocycles. The molecule has 0 radical (unpaired) electrons. The summed E-state index contributed by atoms with van der Waals surface area (Å²) in [6.45, 7) is 4.64. The Hall–Kier alpha value is -1.53. The Morgan fingerprint density at radius 2 is 1.88 bits per heavy atom. The lowest BCUT2D eigenvalue weighted by atomic mass is 9.78. The third-order valence-corrected chi connectivity index (χ3v) is 6.71. The normalized spacial score (nSPS) is 23.3. The van der Waals surface area contributed by atoms with E-state index in [4.69, 9.17) is 4.84 Å². The summed E-state index contributed by atoms with van der Waals surface area (Å²) in [5.74, 6) is 0. The van der Waals surface area contributed by atoms with Crippen molar-refractivity contribution < 1.29 is 4.84 Å². The van der Waals surface area contributed by atoms with Crippen LogP contribution >= 0.6 is 22.6 Å². The van der Waals surface area contributed by atoms with Gasteiger partial charge in [0, 0.05) is 28.8 Å². The molecular formula is C22H25IN2O. The van der Waals surface area contributed by atoms with Crippen molar-refractivity contribution in [3.63, 3.8) is 0 Å². The van der Waals surface area contributed by atoms with Crippen LogP contribution in [0.15, 0.2) is 48.5 Å². The summed E-state index contributed by atoms with van der Waals surface area (Å²) in [5.41, 5.74) is 5.14. The number of fused-ring (bicyclic) bond motifs is 3. The first-order valence-electron chi connectivity index (χ1n) is 9.07. The predicted molar refractivity (Wildman–Crippen MR) is 118 cm³/mol. The molecule has 0 saturated carbocycles. The fraction of sp³-hybridized carbons (Fsp3) is 0.364. The third-order valence-electron chi connectivity index (χ3n) is 5.70. The fourth-order valence-corrected chi connectivity index (χ4v) is 4.61. The van der Waals surface area contributed by atoms with Gasteiger partial charge in [-0.3, -0.25) is 4.84 Å². The predicted octanol–water partition coefficient (Wildman–Crippen LogP) is 5.14. The van der Waals surface area contributed by atoms with Gasteiger partial charge in [0.15, 0.2) is 0 Å². The molecule has 0 bridgehead atoms. The van der Waals surface area contributed by atoms with Gasteiger partial charge < -0.3 is 4.90 Å². The standard InChI is InChI=1S/C22H25IN2O/c1-22(2)20-14-17-18(23)6-5-7-19(17)25(20)26-21(22)13-10-15-8-11-16(12-9-15)24(3)4/h5-13,20-21H,14H2,1-4H3. The van der Waals surface area contributed by atoms with Crippen LogP contribution in [0.2, 0.25) is 0 Å². The molecule has 0 spiro atoms. The second-order valence-electron chi connectivity index (χ2n) is 7.98. The van der Waals surface area contributed by atoms with Gasteiger partial charge in [0.05, 0.1) is 11.7 Å². The fourth-order valence-electron chi connectivity index (χ4n) is 3.91. The minimum atomic E-state index is 0.0577. The quantitative estimate of drug-likeness (QED) is 0.590. The van der Waals surface area contributed by atoms with Crippen LogP contribution in [-0.2, 0) is 11.3 Å².